The molecule has 1 atom stereocenters. The van der Waals surface area contributed by atoms with Crippen molar-refractivity contribution in [1.29, 1.82) is 0 Å². The zero-order valence-corrected chi connectivity index (χ0v) is 10.7. The summed E-state index contributed by atoms with van der Waals surface area (Å²) < 4.78 is 2.48. The molecule has 1 fully saturated rings. The van der Waals surface area contributed by atoms with Gasteiger partial charge in [-0.05, 0) is 18.8 Å². The van der Waals surface area contributed by atoms with E-state index in [0.717, 1.165) is 17.4 Å². The van der Waals surface area contributed by atoms with Gasteiger partial charge in [0.05, 0.1) is 6.10 Å². The molecule has 0 radical (unpaired) electrons. The van der Waals surface area contributed by atoms with Gasteiger partial charge in [-0.15, -0.1) is 0 Å². The Morgan fingerprint density at radius 2 is 2.11 bits per heavy atom. The van der Waals surface area contributed by atoms with Crippen LogP contribution in [-0.4, -0.2) is 26.9 Å². The van der Waals surface area contributed by atoms with E-state index in [0.29, 0.717) is 24.6 Å². The number of aliphatic hydroxyl groups is 1. The zero-order valence-electron chi connectivity index (χ0n) is 10.7. The Bertz CT molecular complexity index is 542. The predicted octanol–water partition coefficient (Wildman–Crippen LogP) is -1.06. The molecule has 1 saturated carbocycles. The lowest BCUT2D eigenvalue weighted by Gasteiger charge is -2.11. The Balaban J connectivity index is 2.01. The molecule has 1 aromatic heterocycles. The van der Waals surface area contributed by atoms with Gasteiger partial charge in [0.15, 0.2) is 0 Å². The van der Waals surface area contributed by atoms with Crippen molar-refractivity contribution in [1.82, 2.24) is 14.5 Å². The van der Waals surface area contributed by atoms with Gasteiger partial charge in [0.25, 0.3) is 5.56 Å². The SMILES string of the molecule is Cn1cc(CNCC(O)C2CC2)c(=O)n(C)c1=O. The molecule has 2 N–H and O–H groups in total. The second-order valence-electron chi connectivity index (χ2n) is 4.95. The molecule has 0 aliphatic heterocycles. The molecule has 1 aliphatic carbocycles. The molecule has 6 heteroatoms. The molecule has 2 rings (SSSR count). The lowest BCUT2D eigenvalue weighted by atomic mass is 10.2. The maximum absolute atomic E-state index is 11.8. The maximum atomic E-state index is 11.8. The molecular formula is C12H19N3O3. The van der Waals surface area contributed by atoms with Crippen LogP contribution in [0, 0.1) is 5.92 Å². The number of hydrogen-bond acceptors (Lipinski definition) is 4. The van der Waals surface area contributed by atoms with E-state index < -0.39 is 0 Å². The predicted molar refractivity (Wildman–Crippen MR) is 67.4 cm³/mol. The van der Waals surface area contributed by atoms with Gasteiger partial charge in [-0.1, -0.05) is 0 Å². The first-order valence-corrected chi connectivity index (χ1v) is 6.15. The fourth-order valence-corrected chi connectivity index (χ4v) is 2.01. The smallest absolute Gasteiger partial charge is 0.330 e. The van der Waals surface area contributed by atoms with Gasteiger partial charge in [-0.3, -0.25) is 9.36 Å². The lowest BCUT2D eigenvalue weighted by Crippen LogP contribution is -2.40. The minimum Gasteiger partial charge on any atom is -0.392 e. The normalized spacial score (nSPS) is 16.8. The van der Waals surface area contributed by atoms with Gasteiger partial charge in [0, 0.05) is 38.9 Å². The monoisotopic (exact) mass is 253 g/mol. The van der Waals surface area contributed by atoms with E-state index in [-0.39, 0.29) is 17.4 Å². The highest BCUT2D eigenvalue weighted by Crippen LogP contribution is 2.32. The molecule has 6 nitrogen and oxygen atoms in total. The first-order valence-electron chi connectivity index (χ1n) is 6.15. The van der Waals surface area contributed by atoms with Crippen molar-refractivity contribution in [3.8, 4) is 0 Å². The second-order valence-corrected chi connectivity index (χ2v) is 4.95. The maximum Gasteiger partial charge on any atom is 0.330 e. The number of hydrogen-bond donors (Lipinski definition) is 2. The summed E-state index contributed by atoms with van der Waals surface area (Å²) in [5.41, 5.74) is -0.0872. The average molecular weight is 253 g/mol. The van der Waals surface area contributed by atoms with Crippen LogP contribution >= 0.6 is 0 Å². The number of aryl methyl sites for hydroxylation is 1. The highest BCUT2D eigenvalue weighted by Gasteiger charge is 2.29. The van der Waals surface area contributed by atoms with Crippen LogP contribution in [0.1, 0.15) is 18.4 Å². The van der Waals surface area contributed by atoms with E-state index in [4.69, 9.17) is 0 Å². The molecule has 0 aromatic carbocycles. The van der Waals surface area contributed by atoms with Gasteiger partial charge < -0.3 is 15.0 Å². The van der Waals surface area contributed by atoms with Crippen molar-refractivity contribution in [2.75, 3.05) is 6.54 Å². The zero-order chi connectivity index (χ0) is 13.3. The molecule has 0 amide bonds. The molecule has 1 aromatic rings. The van der Waals surface area contributed by atoms with Gasteiger partial charge >= 0.3 is 5.69 Å². The first kappa shape index (κ1) is 13.0. The summed E-state index contributed by atoms with van der Waals surface area (Å²) in [6.07, 6.45) is 3.39. The summed E-state index contributed by atoms with van der Waals surface area (Å²) in [6.45, 7) is 0.848. The van der Waals surface area contributed by atoms with E-state index in [1.54, 1.807) is 13.2 Å². The average Bonchev–Trinajstić information content (AvgIpc) is 3.17. The van der Waals surface area contributed by atoms with E-state index in [1.165, 1.54) is 11.6 Å². The van der Waals surface area contributed by atoms with Crippen LogP contribution in [-0.2, 0) is 20.6 Å². The number of aliphatic hydroxyl groups excluding tert-OH is 1. The van der Waals surface area contributed by atoms with Crippen molar-refractivity contribution >= 4 is 0 Å². The van der Waals surface area contributed by atoms with Gasteiger partial charge in [0.2, 0.25) is 0 Å². The third-order valence-corrected chi connectivity index (χ3v) is 3.35. The van der Waals surface area contributed by atoms with E-state index >= 15 is 0 Å². The lowest BCUT2D eigenvalue weighted by molar-refractivity contribution is 0.148. The second kappa shape index (κ2) is 5.07. The number of nitrogens with zero attached hydrogens (tertiary/aromatic N) is 2. The van der Waals surface area contributed by atoms with Crippen molar-refractivity contribution < 1.29 is 5.11 Å². The molecule has 18 heavy (non-hydrogen) atoms. The van der Waals surface area contributed by atoms with Gasteiger partial charge in [-0.2, -0.15) is 0 Å². The summed E-state index contributed by atoms with van der Waals surface area (Å²) >= 11 is 0. The van der Waals surface area contributed by atoms with Crippen LogP contribution in [0.25, 0.3) is 0 Å². The summed E-state index contributed by atoms with van der Waals surface area (Å²) in [4.78, 5) is 23.3. The Kier molecular flexibility index (Phi) is 3.68. The fourth-order valence-electron chi connectivity index (χ4n) is 2.01. The van der Waals surface area contributed by atoms with Crippen LogP contribution in [0.5, 0.6) is 0 Å². The number of nitrogens with one attached hydrogen (secondary N) is 1. The van der Waals surface area contributed by atoms with Crippen molar-refractivity contribution in [2.45, 2.75) is 25.5 Å². The minimum atomic E-state index is -0.332. The summed E-state index contributed by atoms with van der Waals surface area (Å²) in [5, 5.41) is 12.7. The molecule has 0 saturated heterocycles. The first-order chi connectivity index (χ1) is 8.50. The fraction of sp³-hybridized carbons (Fsp3) is 0.667. The third kappa shape index (κ3) is 2.70. The Morgan fingerprint density at radius 3 is 2.72 bits per heavy atom. The standard InChI is InChI=1S/C12H19N3O3/c1-14-7-9(11(17)15(2)12(14)18)5-13-6-10(16)8-3-4-8/h7-8,10,13,16H,3-6H2,1-2H3. The van der Waals surface area contributed by atoms with Gasteiger partial charge in [0.1, 0.15) is 0 Å². The Hall–Kier alpha value is -1.40. The molecular weight excluding hydrogens is 234 g/mol. The Labute approximate surface area is 105 Å². The van der Waals surface area contributed by atoms with Crippen LogP contribution in [0.15, 0.2) is 15.8 Å². The van der Waals surface area contributed by atoms with Crippen molar-refractivity contribution in [3.63, 3.8) is 0 Å². The third-order valence-electron chi connectivity index (χ3n) is 3.35. The molecule has 1 heterocycles. The minimum absolute atomic E-state index is 0.286. The molecule has 0 bridgehead atoms. The highest BCUT2D eigenvalue weighted by molar-refractivity contribution is 5.05. The van der Waals surface area contributed by atoms with Crippen LogP contribution < -0.4 is 16.6 Å². The van der Waals surface area contributed by atoms with E-state index in [9.17, 15) is 14.7 Å². The molecule has 100 valence electrons. The summed E-state index contributed by atoms with van der Waals surface area (Å²) in [6, 6.07) is 0. The number of rotatable bonds is 5. The van der Waals surface area contributed by atoms with E-state index in [1.807, 2.05) is 0 Å². The largest absolute Gasteiger partial charge is 0.392 e. The van der Waals surface area contributed by atoms with Gasteiger partial charge in [-0.25, -0.2) is 4.79 Å². The van der Waals surface area contributed by atoms with Crippen molar-refractivity contribution in [3.05, 3.63) is 32.6 Å². The van der Waals surface area contributed by atoms with Crippen LogP contribution in [0.2, 0.25) is 0 Å². The highest BCUT2D eigenvalue weighted by atomic mass is 16.3. The Morgan fingerprint density at radius 1 is 1.44 bits per heavy atom. The quantitative estimate of drug-likeness (QED) is 0.701. The van der Waals surface area contributed by atoms with Crippen LogP contribution in [0.3, 0.4) is 0 Å². The number of aromatic nitrogens is 2. The molecule has 1 unspecified atom stereocenters. The molecule has 0 spiro atoms. The van der Waals surface area contributed by atoms with E-state index in [2.05, 4.69) is 5.32 Å². The summed E-state index contributed by atoms with van der Waals surface area (Å²) in [5.74, 6) is 0.417. The van der Waals surface area contributed by atoms with Crippen molar-refractivity contribution in [2.24, 2.45) is 20.0 Å². The topological polar surface area (TPSA) is 76.3 Å². The molecule has 1 aliphatic rings. The summed E-state index contributed by atoms with van der Waals surface area (Å²) in [7, 11) is 3.08. The van der Waals surface area contributed by atoms with Crippen LogP contribution in [0.4, 0.5) is 0 Å².